The number of nitrogens with one attached hydrogen (secondary N) is 1. The van der Waals surface area contributed by atoms with E-state index in [4.69, 9.17) is 9.47 Å². The lowest BCUT2D eigenvalue weighted by molar-refractivity contribution is -0.144. The molecule has 162 valence electrons. The van der Waals surface area contributed by atoms with E-state index in [9.17, 15) is 19.5 Å². The zero-order valence-corrected chi connectivity index (χ0v) is 17.0. The molecule has 2 aliphatic rings. The van der Waals surface area contributed by atoms with Crippen molar-refractivity contribution in [2.45, 2.75) is 5.92 Å². The number of hydrogen-bond acceptors (Lipinski definition) is 5. The zero-order chi connectivity index (χ0) is 21.8. The molecule has 2 N–H and O–H groups in total. The third-order valence-electron chi connectivity index (χ3n) is 5.69. The molecule has 0 aromatic heterocycles. The third kappa shape index (κ3) is 4.54. The van der Waals surface area contributed by atoms with E-state index in [0.717, 1.165) is 22.3 Å². The van der Waals surface area contributed by atoms with Crippen LogP contribution in [0.5, 0.6) is 0 Å². The molecule has 1 unspecified atom stereocenters. The normalized spacial score (nSPS) is 17.9. The smallest absolute Gasteiger partial charge is 0.407 e. The maximum absolute atomic E-state index is 12.4. The summed E-state index contributed by atoms with van der Waals surface area (Å²) in [5, 5.41) is 11.7. The third-order valence-corrected chi connectivity index (χ3v) is 5.69. The molecule has 0 radical (unpaired) electrons. The minimum absolute atomic E-state index is 0.0561. The summed E-state index contributed by atoms with van der Waals surface area (Å²) >= 11 is 0. The molecule has 1 heterocycles. The van der Waals surface area contributed by atoms with Gasteiger partial charge in [0.05, 0.1) is 19.1 Å². The maximum Gasteiger partial charge on any atom is 0.407 e. The molecular formula is C23H24N2O6. The lowest BCUT2D eigenvalue weighted by atomic mass is 9.98. The van der Waals surface area contributed by atoms with Crippen LogP contribution >= 0.6 is 0 Å². The van der Waals surface area contributed by atoms with E-state index in [0.29, 0.717) is 0 Å². The quantitative estimate of drug-likeness (QED) is 0.762. The summed E-state index contributed by atoms with van der Waals surface area (Å²) in [6.07, 6.45) is -0.684. The first kappa shape index (κ1) is 20.9. The molecule has 2 amide bonds. The fourth-order valence-corrected chi connectivity index (χ4v) is 4.10. The van der Waals surface area contributed by atoms with E-state index in [1.54, 1.807) is 0 Å². The Morgan fingerprint density at radius 1 is 1.06 bits per heavy atom. The Kier molecular flexibility index (Phi) is 6.18. The molecule has 1 fully saturated rings. The highest BCUT2D eigenvalue weighted by Gasteiger charge is 2.30. The predicted octanol–water partition coefficient (Wildman–Crippen LogP) is 2.08. The minimum Gasteiger partial charge on any atom is -0.481 e. The Bertz CT molecular complexity index is 946. The summed E-state index contributed by atoms with van der Waals surface area (Å²) in [6, 6.07) is 16.1. The van der Waals surface area contributed by atoms with Gasteiger partial charge in [-0.3, -0.25) is 9.59 Å². The zero-order valence-electron chi connectivity index (χ0n) is 17.0. The van der Waals surface area contributed by atoms with Crippen LogP contribution in [0.1, 0.15) is 17.0 Å². The maximum atomic E-state index is 12.4. The van der Waals surface area contributed by atoms with Crippen LogP contribution in [0.25, 0.3) is 11.1 Å². The molecular weight excluding hydrogens is 400 g/mol. The Morgan fingerprint density at radius 3 is 2.35 bits per heavy atom. The van der Waals surface area contributed by atoms with Gasteiger partial charge in [-0.15, -0.1) is 0 Å². The van der Waals surface area contributed by atoms with Gasteiger partial charge in [-0.2, -0.15) is 0 Å². The van der Waals surface area contributed by atoms with Gasteiger partial charge < -0.3 is 24.8 Å². The Balaban J connectivity index is 1.32. The van der Waals surface area contributed by atoms with E-state index in [1.807, 2.05) is 36.4 Å². The highest BCUT2D eigenvalue weighted by atomic mass is 16.5. The van der Waals surface area contributed by atoms with Crippen molar-refractivity contribution in [1.29, 1.82) is 0 Å². The molecule has 2 aromatic rings. The van der Waals surface area contributed by atoms with Crippen molar-refractivity contribution in [2.75, 3.05) is 39.5 Å². The Labute approximate surface area is 179 Å². The van der Waals surface area contributed by atoms with Crippen LogP contribution in [0.15, 0.2) is 48.5 Å². The molecule has 1 aliphatic carbocycles. The Hall–Kier alpha value is -3.39. The molecule has 0 spiro atoms. The second-order valence-corrected chi connectivity index (χ2v) is 7.63. The molecule has 1 aliphatic heterocycles. The number of fused-ring (bicyclic) bond motifs is 3. The molecule has 1 atom stereocenters. The largest absolute Gasteiger partial charge is 0.481 e. The number of hydrogen-bond donors (Lipinski definition) is 2. The number of carboxylic acids is 1. The summed E-state index contributed by atoms with van der Waals surface area (Å²) in [6.45, 7) is 0.574. The first-order valence-electron chi connectivity index (χ1n) is 10.2. The molecule has 0 saturated carbocycles. The van der Waals surface area contributed by atoms with Crippen LogP contribution in [0, 0.1) is 5.92 Å². The molecule has 0 bridgehead atoms. The van der Waals surface area contributed by atoms with Gasteiger partial charge >= 0.3 is 12.1 Å². The van der Waals surface area contributed by atoms with Crippen LogP contribution in [0.2, 0.25) is 0 Å². The van der Waals surface area contributed by atoms with E-state index < -0.39 is 18.0 Å². The number of amides is 2. The van der Waals surface area contributed by atoms with Gasteiger partial charge in [0.15, 0.2) is 0 Å². The first-order chi connectivity index (χ1) is 15.0. The fourth-order valence-electron chi connectivity index (χ4n) is 4.10. The fraction of sp³-hybridized carbons (Fsp3) is 0.348. The highest BCUT2D eigenvalue weighted by molar-refractivity contribution is 5.83. The summed E-state index contributed by atoms with van der Waals surface area (Å²) < 4.78 is 10.7. The van der Waals surface area contributed by atoms with Crippen LogP contribution < -0.4 is 5.32 Å². The summed E-state index contributed by atoms with van der Waals surface area (Å²) in [5.41, 5.74) is 4.49. The standard InChI is InChI=1S/C23H24N2O6/c26-21(25-9-10-30-13-15(12-25)22(27)28)11-24-23(29)31-14-20-18-7-3-1-5-16(18)17-6-2-4-8-19(17)20/h1-8,15,20H,9-14H2,(H,24,29)(H,27,28). The Morgan fingerprint density at radius 2 is 1.71 bits per heavy atom. The van der Waals surface area contributed by atoms with Gasteiger partial charge in [0, 0.05) is 19.0 Å². The van der Waals surface area contributed by atoms with Gasteiger partial charge in [0.2, 0.25) is 5.91 Å². The number of carbonyl (C=O) groups is 3. The lowest BCUT2D eigenvalue weighted by Crippen LogP contribution is -2.44. The number of alkyl carbamates (subject to hydrolysis) is 1. The number of rotatable bonds is 5. The number of carboxylic acid groups (broad SMARTS) is 1. The summed E-state index contributed by atoms with van der Waals surface area (Å²) in [5.74, 6) is -2.22. The molecule has 31 heavy (non-hydrogen) atoms. The van der Waals surface area contributed by atoms with E-state index in [-0.39, 0.29) is 51.3 Å². The molecule has 8 heteroatoms. The van der Waals surface area contributed by atoms with Gasteiger partial charge in [-0.1, -0.05) is 48.5 Å². The molecule has 1 saturated heterocycles. The molecule has 8 nitrogen and oxygen atoms in total. The van der Waals surface area contributed by atoms with Crippen molar-refractivity contribution < 1.29 is 29.0 Å². The number of ether oxygens (including phenoxy) is 2. The minimum atomic E-state index is -1.01. The monoisotopic (exact) mass is 424 g/mol. The number of benzene rings is 2. The van der Waals surface area contributed by atoms with Crippen molar-refractivity contribution >= 4 is 18.0 Å². The van der Waals surface area contributed by atoms with Crippen molar-refractivity contribution in [2.24, 2.45) is 5.92 Å². The van der Waals surface area contributed by atoms with Crippen LogP contribution in [-0.2, 0) is 19.1 Å². The number of nitrogens with zero attached hydrogens (tertiary/aromatic N) is 1. The van der Waals surface area contributed by atoms with Crippen molar-refractivity contribution in [3.8, 4) is 11.1 Å². The number of aliphatic carboxylic acids is 1. The SMILES string of the molecule is O=C(NCC(=O)N1CCOCC(C(=O)O)C1)OCC1c2ccccc2-c2ccccc21. The van der Waals surface area contributed by atoms with E-state index in [2.05, 4.69) is 17.4 Å². The predicted molar refractivity (Wildman–Crippen MR) is 112 cm³/mol. The lowest BCUT2D eigenvalue weighted by Gasteiger charge is -2.22. The second kappa shape index (κ2) is 9.18. The van der Waals surface area contributed by atoms with Gasteiger partial charge in [0.1, 0.15) is 13.2 Å². The number of carbonyl (C=O) groups excluding carboxylic acids is 2. The van der Waals surface area contributed by atoms with Crippen molar-refractivity contribution in [3.63, 3.8) is 0 Å². The van der Waals surface area contributed by atoms with Crippen molar-refractivity contribution in [3.05, 3.63) is 59.7 Å². The average molecular weight is 424 g/mol. The first-order valence-corrected chi connectivity index (χ1v) is 10.2. The van der Waals surface area contributed by atoms with Crippen LogP contribution in [0.4, 0.5) is 4.79 Å². The molecule has 2 aromatic carbocycles. The topological polar surface area (TPSA) is 105 Å². The van der Waals surface area contributed by atoms with Crippen LogP contribution in [0.3, 0.4) is 0 Å². The van der Waals surface area contributed by atoms with Gasteiger partial charge in [-0.05, 0) is 22.3 Å². The van der Waals surface area contributed by atoms with E-state index >= 15 is 0 Å². The van der Waals surface area contributed by atoms with E-state index in [1.165, 1.54) is 4.90 Å². The summed E-state index contributed by atoms with van der Waals surface area (Å²) in [7, 11) is 0. The van der Waals surface area contributed by atoms with Gasteiger partial charge in [0.25, 0.3) is 0 Å². The summed E-state index contributed by atoms with van der Waals surface area (Å²) in [4.78, 5) is 37.3. The average Bonchev–Trinajstić information content (AvgIpc) is 2.91. The second-order valence-electron chi connectivity index (χ2n) is 7.63. The van der Waals surface area contributed by atoms with Crippen molar-refractivity contribution in [1.82, 2.24) is 10.2 Å². The van der Waals surface area contributed by atoms with Gasteiger partial charge in [-0.25, -0.2) is 4.79 Å². The highest BCUT2D eigenvalue weighted by Crippen LogP contribution is 2.44. The van der Waals surface area contributed by atoms with Crippen LogP contribution in [-0.4, -0.2) is 67.4 Å². The molecule has 4 rings (SSSR count).